The second kappa shape index (κ2) is 8.31. The van der Waals surface area contributed by atoms with Gasteiger partial charge in [0.05, 0.1) is 7.11 Å². The van der Waals surface area contributed by atoms with Gasteiger partial charge in [-0.25, -0.2) is 0 Å². The summed E-state index contributed by atoms with van der Waals surface area (Å²) in [4.78, 5) is 11.4. The van der Waals surface area contributed by atoms with Gasteiger partial charge in [-0.1, -0.05) is 12.1 Å². The molecule has 0 heterocycles. The molecule has 0 aromatic heterocycles. The molecule has 0 radical (unpaired) electrons. The van der Waals surface area contributed by atoms with Gasteiger partial charge in [-0.2, -0.15) is 0 Å². The number of hydrogen-bond acceptors (Lipinski definition) is 3. The molecule has 4 nitrogen and oxygen atoms in total. The molecular formula is C14H19NO3. The Kier molecular flexibility index (Phi) is 6.58. The maximum Gasteiger partial charge on any atom is 0.244 e. The monoisotopic (exact) mass is 249 g/mol. The Hall–Kier alpha value is -1.81. The van der Waals surface area contributed by atoms with Gasteiger partial charge >= 0.3 is 0 Å². The van der Waals surface area contributed by atoms with Crippen LogP contribution in [0.15, 0.2) is 30.3 Å². The molecule has 1 rings (SSSR count). The van der Waals surface area contributed by atoms with E-state index in [-0.39, 0.29) is 5.91 Å². The normalized spacial score (nSPS) is 10.6. The second-order valence-electron chi connectivity index (χ2n) is 3.74. The number of ether oxygens (including phenoxy) is 2. The van der Waals surface area contributed by atoms with E-state index < -0.39 is 0 Å². The largest absolute Gasteiger partial charge is 0.497 e. The van der Waals surface area contributed by atoms with Crippen molar-refractivity contribution in [2.75, 3.05) is 27.4 Å². The predicted molar refractivity (Wildman–Crippen MR) is 71.5 cm³/mol. The zero-order chi connectivity index (χ0) is 13.2. The first-order valence-electron chi connectivity index (χ1n) is 5.85. The summed E-state index contributed by atoms with van der Waals surface area (Å²) in [6.07, 6.45) is 4.11. The highest BCUT2D eigenvalue weighted by atomic mass is 16.5. The smallest absolute Gasteiger partial charge is 0.244 e. The van der Waals surface area contributed by atoms with Crippen LogP contribution in [-0.2, 0) is 9.53 Å². The number of methoxy groups -OCH3 is 2. The highest BCUT2D eigenvalue weighted by molar-refractivity contribution is 5.91. The third-order valence-electron chi connectivity index (χ3n) is 2.37. The van der Waals surface area contributed by atoms with Crippen molar-refractivity contribution < 1.29 is 14.3 Å². The Bertz CT molecular complexity index is 385. The summed E-state index contributed by atoms with van der Waals surface area (Å²) < 4.78 is 9.95. The number of carbonyl (C=O) groups excluding carboxylic acids is 1. The van der Waals surface area contributed by atoms with Crippen LogP contribution >= 0.6 is 0 Å². The van der Waals surface area contributed by atoms with Gasteiger partial charge in [0.2, 0.25) is 5.91 Å². The van der Waals surface area contributed by atoms with Crippen LogP contribution in [0, 0.1) is 0 Å². The average Bonchev–Trinajstić information content (AvgIpc) is 2.42. The first-order valence-corrected chi connectivity index (χ1v) is 5.85. The van der Waals surface area contributed by atoms with Gasteiger partial charge in [0, 0.05) is 26.3 Å². The molecular weight excluding hydrogens is 230 g/mol. The topological polar surface area (TPSA) is 47.6 Å². The molecule has 0 saturated carbocycles. The number of amides is 1. The lowest BCUT2D eigenvalue weighted by Gasteiger charge is -2.01. The lowest BCUT2D eigenvalue weighted by atomic mass is 10.2. The lowest BCUT2D eigenvalue weighted by Crippen LogP contribution is -2.22. The van der Waals surface area contributed by atoms with E-state index in [0.717, 1.165) is 17.7 Å². The molecule has 0 aliphatic heterocycles. The van der Waals surface area contributed by atoms with Crippen LogP contribution < -0.4 is 10.1 Å². The molecule has 0 bridgehead atoms. The minimum Gasteiger partial charge on any atom is -0.497 e. The Morgan fingerprint density at radius 2 is 2.00 bits per heavy atom. The van der Waals surface area contributed by atoms with Crippen molar-refractivity contribution in [3.8, 4) is 5.75 Å². The summed E-state index contributed by atoms with van der Waals surface area (Å²) in [6, 6.07) is 7.51. The molecule has 1 aromatic carbocycles. The van der Waals surface area contributed by atoms with Crippen LogP contribution in [0.3, 0.4) is 0 Å². The third kappa shape index (κ3) is 5.50. The third-order valence-corrected chi connectivity index (χ3v) is 2.37. The van der Waals surface area contributed by atoms with Gasteiger partial charge in [-0.05, 0) is 30.2 Å². The molecule has 98 valence electrons. The Labute approximate surface area is 108 Å². The minimum atomic E-state index is -0.0954. The van der Waals surface area contributed by atoms with Crippen molar-refractivity contribution >= 4 is 12.0 Å². The second-order valence-corrected chi connectivity index (χ2v) is 3.74. The van der Waals surface area contributed by atoms with Crippen LogP contribution in [0.4, 0.5) is 0 Å². The van der Waals surface area contributed by atoms with Gasteiger partial charge in [0.1, 0.15) is 5.75 Å². The van der Waals surface area contributed by atoms with Crippen molar-refractivity contribution in [1.82, 2.24) is 5.32 Å². The van der Waals surface area contributed by atoms with E-state index in [2.05, 4.69) is 5.32 Å². The highest BCUT2D eigenvalue weighted by Crippen LogP contribution is 2.12. The maximum atomic E-state index is 11.4. The van der Waals surface area contributed by atoms with Crippen molar-refractivity contribution in [2.45, 2.75) is 6.42 Å². The van der Waals surface area contributed by atoms with Crippen molar-refractivity contribution in [3.05, 3.63) is 35.9 Å². The Morgan fingerprint density at radius 3 is 2.61 bits per heavy atom. The van der Waals surface area contributed by atoms with Crippen LogP contribution in [0.2, 0.25) is 0 Å². The summed E-state index contributed by atoms with van der Waals surface area (Å²) >= 11 is 0. The number of hydrogen-bond donors (Lipinski definition) is 1. The van der Waals surface area contributed by atoms with Gasteiger partial charge in [0.15, 0.2) is 0 Å². The minimum absolute atomic E-state index is 0.0954. The molecule has 0 unspecified atom stereocenters. The molecule has 4 heteroatoms. The van der Waals surface area contributed by atoms with E-state index in [9.17, 15) is 4.79 Å². The Morgan fingerprint density at radius 1 is 1.28 bits per heavy atom. The lowest BCUT2D eigenvalue weighted by molar-refractivity contribution is -0.116. The number of carbonyl (C=O) groups is 1. The van der Waals surface area contributed by atoms with E-state index in [0.29, 0.717) is 13.2 Å². The molecule has 1 aromatic rings. The van der Waals surface area contributed by atoms with E-state index in [4.69, 9.17) is 9.47 Å². The first-order chi connectivity index (χ1) is 8.76. The summed E-state index contributed by atoms with van der Waals surface area (Å²) in [5.41, 5.74) is 0.961. The van der Waals surface area contributed by atoms with Crippen molar-refractivity contribution in [2.24, 2.45) is 0 Å². The SMILES string of the molecule is COCCCNC(=O)/C=C/c1ccc(OC)cc1. The van der Waals surface area contributed by atoms with E-state index in [1.54, 1.807) is 20.3 Å². The molecule has 0 fully saturated rings. The molecule has 1 N–H and O–H groups in total. The van der Waals surface area contributed by atoms with Crippen molar-refractivity contribution in [1.29, 1.82) is 0 Å². The maximum absolute atomic E-state index is 11.4. The molecule has 0 aliphatic rings. The van der Waals surface area contributed by atoms with Crippen LogP contribution in [0.25, 0.3) is 6.08 Å². The standard InChI is InChI=1S/C14H19NO3/c1-17-11-3-10-15-14(16)9-6-12-4-7-13(18-2)8-5-12/h4-9H,3,10-11H2,1-2H3,(H,15,16)/b9-6+. The van der Waals surface area contributed by atoms with Crippen LogP contribution in [0.1, 0.15) is 12.0 Å². The van der Waals surface area contributed by atoms with Gasteiger partial charge in [0.25, 0.3) is 0 Å². The molecule has 0 atom stereocenters. The quantitative estimate of drug-likeness (QED) is 0.592. The molecule has 0 aliphatic carbocycles. The summed E-state index contributed by atoms with van der Waals surface area (Å²) in [7, 11) is 3.27. The highest BCUT2D eigenvalue weighted by Gasteiger charge is 1.95. The summed E-state index contributed by atoms with van der Waals surface area (Å²) in [6.45, 7) is 1.28. The van der Waals surface area contributed by atoms with Crippen LogP contribution in [0.5, 0.6) is 5.75 Å². The number of benzene rings is 1. The summed E-state index contributed by atoms with van der Waals surface area (Å²) in [5.74, 6) is 0.707. The van der Waals surface area contributed by atoms with Gasteiger partial charge in [-0.3, -0.25) is 4.79 Å². The van der Waals surface area contributed by atoms with E-state index in [1.165, 1.54) is 6.08 Å². The van der Waals surface area contributed by atoms with Crippen molar-refractivity contribution in [3.63, 3.8) is 0 Å². The molecule has 1 amide bonds. The van der Waals surface area contributed by atoms with E-state index in [1.807, 2.05) is 24.3 Å². The predicted octanol–water partition coefficient (Wildman–Crippen LogP) is 1.86. The number of nitrogens with one attached hydrogen (secondary N) is 1. The Balaban J connectivity index is 2.35. The summed E-state index contributed by atoms with van der Waals surface area (Å²) in [5, 5.41) is 2.78. The van der Waals surface area contributed by atoms with Crippen LogP contribution in [-0.4, -0.2) is 33.3 Å². The fraction of sp³-hybridized carbons (Fsp3) is 0.357. The van der Waals surface area contributed by atoms with E-state index >= 15 is 0 Å². The molecule has 0 spiro atoms. The molecule has 0 saturated heterocycles. The molecule has 18 heavy (non-hydrogen) atoms. The average molecular weight is 249 g/mol. The van der Waals surface area contributed by atoms with Gasteiger partial charge < -0.3 is 14.8 Å². The number of rotatable bonds is 7. The van der Waals surface area contributed by atoms with Gasteiger partial charge in [-0.15, -0.1) is 0 Å². The fourth-order valence-electron chi connectivity index (χ4n) is 1.37. The fourth-order valence-corrected chi connectivity index (χ4v) is 1.37. The first kappa shape index (κ1) is 14.3. The zero-order valence-corrected chi connectivity index (χ0v) is 10.8. The zero-order valence-electron chi connectivity index (χ0n) is 10.8.